The van der Waals surface area contributed by atoms with Gasteiger partial charge in [0.25, 0.3) is 0 Å². The van der Waals surface area contributed by atoms with Gasteiger partial charge in [-0.3, -0.25) is 9.48 Å². The molecule has 0 unspecified atom stereocenters. The lowest BCUT2D eigenvalue weighted by Crippen LogP contribution is -2.40. The van der Waals surface area contributed by atoms with Crippen LogP contribution in [0.1, 0.15) is 61.9 Å². The first-order valence-corrected chi connectivity index (χ1v) is 9.35. The highest BCUT2D eigenvalue weighted by atomic mass is 16.3. The average molecular weight is 343 g/mol. The van der Waals surface area contributed by atoms with Crippen LogP contribution in [0.5, 0.6) is 0 Å². The minimum absolute atomic E-state index is 0.0755. The second kappa shape index (κ2) is 7.46. The first-order chi connectivity index (χ1) is 12.0. The van der Waals surface area contributed by atoms with Gasteiger partial charge in [-0.1, -0.05) is 13.8 Å². The Morgan fingerprint density at radius 2 is 2.20 bits per heavy atom. The van der Waals surface area contributed by atoms with Gasteiger partial charge in [0.1, 0.15) is 11.5 Å². The first-order valence-electron chi connectivity index (χ1n) is 9.35. The molecule has 1 amide bonds. The van der Waals surface area contributed by atoms with Crippen LogP contribution >= 0.6 is 0 Å². The van der Waals surface area contributed by atoms with E-state index in [1.165, 1.54) is 0 Å². The molecule has 136 valence electrons. The molecule has 1 saturated heterocycles. The average Bonchev–Trinajstić information content (AvgIpc) is 3.18. The quantitative estimate of drug-likeness (QED) is 0.829. The third-order valence-electron chi connectivity index (χ3n) is 5.27. The largest absolute Gasteiger partial charge is 0.464 e. The van der Waals surface area contributed by atoms with Crippen LogP contribution in [0.4, 0.5) is 0 Å². The van der Waals surface area contributed by atoms with Crippen LogP contribution in [0.3, 0.4) is 0 Å². The zero-order valence-corrected chi connectivity index (χ0v) is 15.8. The maximum atomic E-state index is 12.9. The summed E-state index contributed by atoms with van der Waals surface area (Å²) in [7, 11) is 1.92. The van der Waals surface area contributed by atoms with Crippen molar-refractivity contribution in [2.45, 2.75) is 58.9 Å². The molecule has 0 aliphatic carbocycles. The van der Waals surface area contributed by atoms with Crippen molar-refractivity contribution in [3.05, 3.63) is 41.1 Å². The summed E-state index contributed by atoms with van der Waals surface area (Å²) in [5.41, 5.74) is 2.17. The van der Waals surface area contributed by atoms with Crippen molar-refractivity contribution < 1.29 is 9.21 Å². The highest BCUT2D eigenvalue weighted by Crippen LogP contribution is 2.35. The van der Waals surface area contributed by atoms with E-state index in [2.05, 4.69) is 18.9 Å². The molecule has 2 aromatic rings. The Morgan fingerprint density at radius 3 is 2.84 bits per heavy atom. The molecule has 25 heavy (non-hydrogen) atoms. The molecule has 2 atom stereocenters. The number of hydrogen-bond donors (Lipinski definition) is 0. The van der Waals surface area contributed by atoms with Crippen LogP contribution in [0, 0.1) is 12.8 Å². The topological polar surface area (TPSA) is 51.3 Å². The Morgan fingerprint density at radius 1 is 1.40 bits per heavy atom. The van der Waals surface area contributed by atoms with Gasteiger partial charge in [0.05, 0.1) is 11.7 Å². The predicted octanol–water partition coefficient (Wildman–Crippen LogP) is 3.82. The van der Waals surface area contributed by atoms with E-state index in [9.17, 15) is 4.79 Å². The first kappa shape index (κ1) is 17.8. The number of piperidine rings is 1. The van der Waals surface area contributed by atoms with Crippen molar-refractivity contribution in [3.8, 4) is 0 Å². The van der Waals surface area contributed by atoms with Gasteiger partial charge in [-0.05, 0) is 49.8 Å². The molecule has 0 N–H and O–H groups in total. The molecule has 1 aliphatic rings. The minimum atomic E-state index is 0.0755. The Kier molecular flexibility index (Phi) is 5.30. The monoisotopic (exact) mass is 343 g/mol. The molecule has 3 heterocycles. The number of amides is 1. The van der Waals surface area contributed by atoms with E-state index >= 15 is 0 Å². The summed E-state index contributed by atoms with van der Waals surface area (Å²) >= 11 is 0. The lowest BCUT2D eigenvalue weighted by atomic mass is 9.90. The number of aryl methyl sites for hydroxylation is 4. The van der Waals surface area contributed by atoms with Crippen LogP contribution in [0.25, 0.3) is 0 Å². The summed E-state index contributed by atoms with van der Waals surface area (Å²) < 4.78 is 7.79. The van der Waals surface area contributed by atoms with Crippen molar-refractivity contribution in [1.82, 2.24) is 14.7 Å². The lowest BCUT2D eigenvalue weighted by molar-refractivity contribution is -0.136. The molecule has 0 bridgehead atoms. The van der Waals surface area contributed by atoms with Crippen molar-refractivity contribution in [1.29, 1.82) is 0 Å². The van der Waals surface area contributed by atoms with Crippen LogP contribution in [-0.4, -0.2) is 27.1 Å². The number of furan rings is 1. The smallest absolute Gasteiger partial charge is 0.223 e. The molecular weight excluding hydrogens is 314 g/mol. The molecule has 0 saturated carbocycles. The lowest BCUT2D eigenvalue weighted by Gasteiger charge is -2.37. The van der Waals surface area contributed by atoms with Crippen LogP contribution in [0.2, 0.25) is 0 Å². The van der Waals surface area contributed by atoms with Gasteiger partial charge in [0.2, 0.25) is 5.91 Å². The van der Waals surface area contributed by atoms with Gasteiger partial charge in [-0.15, -0.1) is 0 Å². The third-order valence-corrected chi connectivity index (χ3v) is 5.27. The van der Waals surface area contributed by atoms with Gasteiger partial charge in [-0.2, -0.15) is 5.10 Å². The van der Waals surface area contributed by atoms with E-state index in [0.29, 0.717) is 12.3 Å². The number of carbonyl (C=O) groups excluding carboxylic acids is 1. The van der Waals surface area contributed by atoms with Gasteiger partial charge < -0.3 is 9.32 Å². The maximum Gasteiger partial charge on any atom is 0.223 e. The van der Waals surface area contributed by atoms with Gasteiger partial charge in [0.15, 0.2) is 0 Å². The molecule has 2 aromatic heterocycles. The third kappa shape index (κ3) is 3.97. The summed E-state index contributed by atoms with van der Waals surface area (Å²) in [4.78, 5) is 14.9. The Bertz CT molecular complexity index is 731. The number of rotatable bonds is 5. The SMILES string of the molecule is CCc1ccc([C@@H]2C[C@@H](C)CCN2C(=O)CCc2cn(C)nc2C)o1. The summed E-state index contributed by atoms with van der Waals surface area (Å²) in [6, 6.07) is 4.16. The van der Waals surface area contributed by atoms with Gasteiger partial charge in [0, 0.05) is 32.6 Å². The molecule has 3 rings (SSSR count). The second-order valence-electron chi connectivity index (χ2n) is 7.30. The van der Waals surface area contributed by atoms with Crippen molar-refractivity contribution in [3.63, 3.8) is 0 Å². The van der Waals surface area contributed by atoms with Crippen molar-refractivity contribution in [2.75, 3.05) is 6.54 Å². The van der Waals surface area contributed by atoms with E-state index in [1.807, 2.05) is 41.9 Å². The van der Waals surface area contributed by atoms with E-state index < -0.39 is 0 Å². The fraction of sp³-hybridized carbons (Fsp3) is 0.600. The Labute approximate surface area is 150 Å². The predicted molar refractivity (Wildman–Crippen MR) is 97.2 cm³/mol. The molecule has 1 aliphatic heterocycles. The van der Waals surface area contributed by atoms with E-state index in [-0.39, 0.29) is 11.9 Å². The zero-order valence-electron chi connectivity index (χ0n) is 15.8. The summed E-state index contributed by atoms with van der Waals surface area (Å²) in [6.07, 6.45) is 6.22. The standard InChI is InChI=1S/C20H29N3O2/c1-5-17-7-8-19(25-17)18-12-14(2)10-11-23(18)20(24)9-6-16-13-22(4)21-15(16)3/h7-8,13-14,18H,5-6,9-12H2,1-4H3/t14-,18-/m0/s1. The second-order valence-corrected chi connectivity index (χ2v) is 7.30. The number of carbonyl (C=O) groups is 1. The van der Waals surface area contributed by atoms with Gasteiger partial charge in [-0.25, -0.2) is 0 Å². The highest BCUT2D eigenvalue weighted by molar-refractivity contribution is 5.77. The van der Waals surface area contributed by atoms with Crippen LogP contribution in [0.15, 0.2) is 22.7 Å². The normalized spacial score (nSPS) is 20.9. The summed E-state index contributed by atoms with van der Waals surface area (Å²) in [5, 5.41) is 4.36. The fourth-order valence-electron chi connectivity index (χ4n) is 3.75. The summed E-state index contributed by atoms with van der Waals surface area (Å²) in [5.74, 6) is 2.76. The number of nitrogens with zero attached hydrogens (tertiary/aromatic N) is 3. The molecule has 5 nitrogen and oxygen atoms in total. The highest BCUT2D eigenvalue weighted by Gasteiger charge is 2.32. The number of aromatic nitrogens is 2. The molecule has 0 aromatic carbocycles. The Hall–Kier alpha value is -2.04. The summed E-state index contributed by atoms with van der Waals surface area (Å²) in [6.45, 7) is 7.17. The number of likely N-dealkylation sites (tertiary alicyclic amines) is 1. The van der Waals surface area contributed by atoms with Crippen molar-refractivity contribution >= 4 is 5.91 Å². The fourth-order valence-corrected chi connectivity index (χ4v) is 3.75. The number of hydrogen-bond acceptors (Lipinski definition) is 3. The van der Waals surface area contributed by atoms with E-state index in [4.69, 9.17) is 4.42 Å². The minimum Gasteiger partial charge on any atom is -0.464 e. The van der Waals surface area contributed by atoms with Crippen molar-refractivity contribution in [2.24, 2.45) is 13.0 Å². The van der Waals surface area contributed by atoms with E-state index in [1.54, 1.807) is 0 Å². The molecule has 5 heteroatoms. The Balaban J connectivity index is 1.71. The molecule has 0 spiro atoms. The van der Waals surface area contributed by atoms with Crippen LogP contribution in [-0.2, 0) is 24.7 Å². The molecule has 0 radical (unpaired) electrons. The van der Waals surface area contributed by atoms with E-state index in [0.717, 1.165) is 55.0 Å². The molecule has 1 fully saturated rings. The van der Waals surface area contributed by atoms with Gasteiger partial charge >= 0.3 is 0 Å². The zero-order chi connectivity index (χ0) is 18.0. The van der Waals surface area contributed by atoms with Crippen LogP contribution < -0.4 is 0 Å². The molecular formula is C20H29N3O2. The maximum absolute atomic E-state index is 12.9.